The summed E-state index contributed by atoms with van der Waals surface area (Å²) in [5.41, 5.74) is 2.14. The lowest BCUT2D eigenvalue weighted by Gasteiger charge is -2.34. The summed E-state index contributed by atoms with van der Waals surface area (Å²) in [5.74, 6) is 3.23. The number of amides is 2. The summed E-state index contributed by atoms with van der Waals surface area (Å²) in [4.78, 5) is 16.8. The second kappa shape index (κ2) is 7.49. The number of carbonyl (C=O) groups is 1. The second-order valence-corrected chi connectivity index (χ2v) is 8.92. The molecule has 6 nitrogen and oxygen atoms in total. The number of urea groups is 1. The predicted molar refractivity (Wildman–Crippen MR) is 106 cm³/mol. The van der Waals surface area contributed by atoms with E-state index in [-0.39, 0.29) is 17.5 Å². The summed E-state index contributed by atoms with van der Waals surface area (Å²) in [7, 11) is 0. The number of nitrogens with zero attached hydrogens (tertiary/aromatic N) is 1. The van der Waals surface area contributed by atoms with Crippen LogP contribution in [0.15, 0.2) is 28.8 Å². The van der Waals surface area contributed by atoms with Crippen molar-refractivity contribution in [2.75, 3.05) is 6.61 Å². The molecule has 2 amide bonds. The molecule has 150 valence electrons. The molecule has 28 heavy (non-hydrogen) atoms. The number of furan rings is 1. The number of aromatic nitrogens is 1. The molecule has 1 atom stereocenters. The molecule has 4 rings (SSSR count). The first kappa shape index (κ1) is 18.8. The number of nitrogens with one attached hydrogen (secondary N) is 2. The molecule has 2 aromatic rings. The van der Waals surface area contributed by atoms with Crippen molar-refractivity contribution in [1.29, 1.82) is 0 Å². The largest absolute Gasteiger partial charge is 0.477 e. The van der Waals surface area contributed by atoms with E-state index in [0.717, 1.165) is 42.1 Å². The Morgan fingerprint density at radius 1 is 1.36 bits per heavy atom. The van der Waals surface area contributed by atoms with Crippen molar-refractivity contribution < 1.29 is 13.9 Å². The smallest absolute Gasteiger partial charge is 0.315 e. The zero-order valence-corrected chi connectivity index (χ0v) is 16.9. The van der Waals surface area contributed by atoms with Gasteiger partial charge in [-0.05, 0) is 49.1 Å². The van der Waals surface area contributed by atoms with Crippen molar-refractivity contribution in [1.82, 2.24) is 15.6 Å². The molecule has 0 aliphatic heterocycles. The minimum atomic E-state index is -0.179. The highest BCUT2D eigenvalue weighted by Gasteiger charge is 2.35. The van der Waals surface area contributed by atoms with Gasteiger partial charge in [0.2, 0.25) is 5.88 Å². The fourth-order valence-corrected chi connectivity index (χ4v) is 3.79. The minimum Gasteiger partial charge on any atom is -0.477 e. The normalized spacial score (nSPS) is 20.3. The third kappa shape index (κ3) is 4.66. The van der Waals surface area contributed by atoms with Crippen LogP contribution in [-0.4, -0.2) is 17.6 Å². The molecule has 1 fully saturated rings. The van der Waals surface area contributed by atoms with E-state index < -0.39 is 0 Å². The zero-order valence-electron chi connectivity index (χ0n) is 16.9. The van der Waals surface area contributed by atoms with Gasteiger partial charge in [-0.1, -0.05) is 19.9 Å². The van der Waals surface area contributed by atoms with E-state index in [1.165, 1.54) is 12.8 Å². The van der Waals surface area contributed by atoms with E-state index in [9.17, 15) is 4.79 Å². The van der Waals surface area contributed by atoms with Crippen LogP contribution in [-0.2, 0) is 13.0 Å². The Balaban J connectivity index is 1.30. The number of fused-ring (bicyclic) bond motifs is 1. The Bertz CT molecular complexity index is 837. The van der Waals surface area contributed by atoms with E-state index in [2.05, 4.69) is 29.5 Å². The van der Waals surface area contributed by atoms with Crippen LogP contribution in [0.1, 0.15) is 61.8 Å². The van der Waals surface area contributed by atoms with E-state index in [4.69, 9.17) is 9.15 Å². The maximum Gasteiger partial charge on any atom is 0.315 e. The van der Waals surface area contributed by atoms with Crippen LogP contribution >= 0.6 is 0 Å². The number of aryl methyl sites for hydroxylation is 1. The number of pyridine rings is 1. The van der Waals surface area contributed by atoms with Crippen LogP contribution in [0.5, 0.6) is 5.88 Å². The van der Waals surface area contributed by atoms with Crippen LogP contribution in [0.25, 0.3) is 0 Å². The van der Waals surface area contributed by atoms with Crippen LogP contribution < -0.4 is 15.4 Å². The lowest BCUT2D eigenvalue weighted by Crippen LogP contribution is -2.41. The van der Waals surface area contributed by atoms with Gasteiger partial charge in [-0.15, -0.1) is 0 Å². The van der Waals surface area contributed by atoms with Gasteiger partial charge in [0.25, 0.3) is 0 Å². The average molecular weight is 383 g/mol. The molecule has 0 spiro atoms. The van der Waals surface area contributed by atoms with E-state index in [1.54, 1.807) is 6.20 Å². The van der Waals surface area contributed by atoms with Gasteiger partial charge in [-0.2, -0.15) is 0 Å². The zero-order chi connectivity index (χ0) is 19.7. The third-order valence-corrected chi connectivity index (χ3v) is 5.46. The van der Waals surface area contributed by atoms with Crippen molar-refractivity contribution in [2.24, 2.45) is 11.3 Å². The summed E-state index contributed by atoms with van der Waals surface area (Å²) in [6.45, 7) is 7.54. The molecule has 0 radical (unpaired) electrons. The first-order valence-corrected chi connectivity index (χ1v) is 10.1. The molecular weight excluding hydrogens is 354 g/mol. The molecular formula is C22H29N3O3. The lowest BCUT2D eigenvalue weighted by atomic mass is 9.75. The monoisotopic (exact) mass is 383 g/mol. The van der Waals surface area contributed by atoms with E-state index >= 15 is 0 Å². The molecule has 1 unspecified atom stereocenters. The highest BCUT2D eigenvalue weighted by Crippen LogP contribution is 2.41. The predicted octanol–water partition coefficient (Wildman–Crippen LogP) is 4.28. The van der Waals surface area contributed by atoms with Crippen LogP contribution in [0.4, 0.5) is 4.79 Å². The van der Waals surface area contributed by atoms with Crippen molar-refractivity contribution in [2.45, 2.75) is 59.0 Å². The first-order chi connectivity index (χ1) is 13.4. The number of rotatable bonds is 6. The SMILES string of the molecule is Cc1cc2c(o1)CC(C)(C)CC2NC(=O)NCc1ccc(OCC2CC2)nc1. The van der Waals surface area contributed by atoms with Crippen LogP contribution in [0.3, 0.4) is 0 Å². The maximum atomic E-state index is 12.5. The highest BCUT2D eigenvalue weighted by molar-refractivity contribution is 5.74. The summed E-state index contributed by atoms with van der Waals surface area (Å²) < 4.78 is 11.5. The minimum absolute atomic E-state index is 0.0347. The van der Waals surface area contributed by atoms with Crippen molar-refractivity contribution in [3.05, 3.63) is 47.0 Å². The molecule has 2 aliphatic rings. The molecule has 6 heteroatoms. The van der Waals surface area contributed by atoms with Crippen LogP contribution in [0, 0.1) is 18.3 Å². The molecule has 0 bridgehead atoms. The van der Waals surface area contributed by atoms with Gasteiger partial charge < -0.3 is 19.8 Å². The molecule has 0 saturated heterocycles. The Kier molecular flexibility index (Phi) is 5.04. The fourth-order valence-electron chi connectivity index (χ4n) is 3.79. The number of carbonyl (C=O) groups excluding carboxylic acids is 1. The van der Waals surface area contributed by atoms with E-state index in [0.29, 0.717) is 18.3 Å². The molecule has 0 aromatic carbocycles. The van der Waals surface area contributed by atoms with Gasteiger partial charge in [-0.3, -0.25) is 0 Å². The summed E-state index contributed by atoms with van der Waals surface area (Å²) >= 11 is 0. The van der Waals surface area contributed by atoms with Crippen LogP contribution in [0.2, 0.25) is 0 Å². The van der Waals surface area contributed by atoms with Gasteiger partial charge in [-0.25, -0.2) is 9.78 Å². The molecule has 2 aromatic heterocycles. The Morgan fingerprint density at radius 2 is 2.18 bits per heavy atom. The topological polar surface area (TPSA) is 76.4 Å². The quantitative estimate of drug-likeness (QED) is 0.780. The number of hydrogen-bond acceptors (Lipinski definition) is 4. The standard InChI is InChI=1S/C22H29N3O3/c1-14-8-17-18(9-22(2,3)10-19(17)28-14)25-21(26)24-12-16-6-7-20(23-11-16)27-13-15-4-5-15/h6-8,11,15,18H,4-5,9-10,12-13H2,1-3H3,(H2,24,25,26). The Hall–Kier alpha value is -2.50. The van der Waals surface area contributed by atoms with Crippen molar-refractivity contribution in [3.8, 4) is 5.88 Å². The third-order valence-electron chi connectivity index (χ3n) is 5.46. The molecule has 1 saturated carbocycles. The maximum absolute atomic E-state index is 12.5. The average Bonchev–Trinajstić information content (AvgIpc) is 3.39. The molecule has 2 aliphatic carbocycles. The summed E-state index contributed by atoms with van der Waals surface area (Å²) in [5, 5.41) is 6.04. The second-order valence-electron chi connectivity index (χ2n) is 8.92. The molecule has 2 heterocycles. The van der Waals surface area contributed by atoms with Crippen molar-refractivity contribution in [3.63, 3.8) is 0 Å². The van der Waals surface area contributed by atoms with Gasteiger partial charge in [0.1, 0.15) is 11.5 Å². The van der Waals surface area contributed by atoms with E-state index in [1.807, 2.05) is 25.1 Å². The number of hydrogen-bond donors (Lipinski definition) is 2. The van der Waals surface area contributed by atoms with Gasteiger partial charge >= 0.3 is 6.03 Å². The highest BCUT2D eigenvalue weighted by atomic mass is 16.5. The first-order valence-electron chi connectivity index (χ1n) is 10.1. The Morgan fingerprint density at radius 3 is 2.89 bits per heavy atom. The summed E-state index contributed by atoms with van der Waals surface area (Å²) in [6, 6.07) is 5.63. The van der Waals surface area contributed by atoms with Gasteiger partial charge in [0, 0.05) is 30.8 Å². The van der Waals surface area contributed by atoms with Gasteiger partial charge in [0.05, 0.1) is 12.6 Å². The molecule has 2 N–H and O–H groups in total. The Labute approximate surface area is 166 Å². The number of ether oxygens (including phenoxy) is 1. The lowest BCUT2D eigenvalue weighted by molar-refractivity contribution is 0.214. The van der Waals surface area contributed by atoms with Gasteiger partial charge in [0.15, 0.2) is 0 Å². The summed E-state index contributed by atoms with van der Waals surface area (Å²) in [6.07, 6.45) is 6.06. The van der Waals surface area contributed by atoms with Crippen molar-refractivity contribution >= 4 is 6.03 Å². The fraction of sp³-hybridized carbons (Fsp3) is 0.545.